The summed E-state index contributed by atoms with van der Waals surface area (Å²) in [5, 5.41) is 0. The van der Waals surface area contributed by atoms with Crippen LogP contribution in [0.2, 0.25) is 0 Å². The summed E-state index contributed by atoms with van der Waals surface area (Å²) < 4.78 is 7.66. The van der Waals surface area contributed by atoms with Crippen molar-refractivity contribution in [2.24, 2.45) is 5.73 Å². The number of hydrogen-bond donors (Lipinski definition) is 1. The van der Waals surface area contributed by atoms with E-state index < -0.39 is 0 Å². The van der Waals surface area contributed by atoms with Crippen LogP contribution in [0.25, 0.3) is 0 Å². The fourth-order valence-corrected chi connectivity index (χ4v) is 1.73. The van der Waals surface area contributed by atoms with E-state index in [-0.39, 0.29) is 0 Å². The van der Waals surface area contributed by atoms with Crippen molar-refractivity contribution in [1.82, 2.24) is 4.57 Å². The molecule has 0 radical (unpaired) electrons. The first-order valence-corrected chi connectivity index (χ1v) is 5.85. The summed E-state index contributed by atoms with van der Waals surface area (Å²) in [6, 6.07) is 12.3. The summed E-state index contributed by atoms with van der Waals surface area (Å²) >= 11 is 0. The van der Waals surface area contributed by atoms with Gasteiger partial charge in [-0.1, -0.05) is 30.3 Å². The molecule has 0 atom stereocenters. The summed E-state index contributed by atoms with van der Waals surface area (Å²) in [5.74, 6) is 0. The molecular formula is C14H18N2O. The van der Waals surface area contributed by atoms with Gasteiger partial charge < -0.3 is 15.0 Å². The van der Waals surface area contributed by atoms with Crippen LogP contribution in [0.3, 0.4) is 0 Å². The van der Waals surface area contributed by atoms with Gasteiger partial charge in [0, 0.05) is 12.4 Å². The molecule has 0 aliphatic heterocycles. The summed E-state index contributed by atoms with van der Waals surface area (Å²) in [6.07, 6.45) is 5.03. The molecule has 3 heteroatoms. The monoisotopic (exact) mass is 230 g/mol. The number of hydrogen-bond acceptors (Lipinski definition) is 2. The highest BCUT2D eigenvalue weighted by molar-refractivity contribution is 5.13. The van der Waals surface area contributed by atoms with Crippen LogP contribution in [0.4, 0.5) is 0 Å². The standard InChI is InChI=1S/C14H18N2O/c15-8-6-13-7-9-16(10-13)12-17-11-14-4-2-1-3-5-14/h1-5,7,9-10H,6,8,11-12,15H2. The Bertz CT molecular complexity index is 436. The number of ether oxygens (including phenoxy) is 1. The number of benzene rings is 1. The second-order valence-electron chi connectivity index (χ2n) is 4.04. The van der Waals surface area contributed by atoms with Crippen molar-refractivity contribution in [3.63, 3.8) is 0 Å². The molecule has 0 saturated carbocycles. The van der Waals surface area contributed by atoms with Crippen LogP contribution in [0.5, 0.6) is 0 Å². The largest absolute Gasteiger partial charge is 0.356 e. The predicted molar refractivity (Wildman–Crippen MR) is 68.4 cm³/mol. The van der Waals surface area contributed by atoms with Crippen molar-refractivity contribution in [3.05, 3.63) is 59.9 Å². The Morgan fingerprint density at radius 1 is 1.06 bits per heavy atom. The molecule has 0 amide bonds. The van der Waals surface area contributed by atoms with Gasteiger partial charge in [-0.15, -0.1) is 0 Å². The topological polar surface area (TPSA) is 40.2 Å². The average Bonchev–Trinajstić information content (AvgIpc) is 2.79. The molecule has 0 bridgehead atoms. The summed E-state index contributed by atoms with van der Waals surface area (Å²) in [7, 11) is 0. The van der Waals surface area contributed by atoms with Crippen molar-refractivity contribution in [2.45, 2.75) is 19.8 Å². The third kappa shape index (κ3) is 3.73. The van der Waals surface area contributed by atoms with Gasteiger partial charge in [-0.2, -0.15) is 0 Å². The highest BCUT2D eigenvalue weighted by Gasteiger charge is 1.96. The smallest absolute Gasteiger partial charge is 0.122 e. The zero-order chi connectivity index (χ0) is 11.9. The van der Waals surface area contributed by atoms with Gasteiger partial charge in [0.1, 0.15) is 6.73 Å². The second-order valence-corrected chi connectivity index (χ2v) is 4.04. The lowest BCUT2D eigenvalue weighted by Crippen LogP contribution is -2.03. The van der Waals surface area contributed by atoms with Gasteiger partial charge in [0.15, 0.2) is 0 Å². The first kappa shape index (κ1) is 11.9. The van der Waals surface area contributed by atoms with E-state index in [9.17, 15) is 0 Å². The van der Waals surface area contributed by atoms with E-state index in [1.807, 2.05) is 29.0 Å². The Hall–Kier alpha value is -1.58. The van der Waals surface area contributed by atoms with Crippen LogP contribution in [0, 0.1) is 0 Å². The van der Waals surface area contributed by atoms with Crippen molar-refractivity contribution in [3.8, 4) is 0 Å². The molecule has 2 N–H and O–H groups in total. The SMILES string of the molecule is NCCc1ccn(COCc2ccccc2)c1. The van der Waals surface area contributed by atoms with E-state index in [2.05, 4.69) is 24.4 Å². The quantitative estimate of drug-likeness (QED) is 0.826. The molecule has 2 aromatic rings. The molecule has 17 heavy (non-hydrogen) atoms. The van der Waals surface area contributed by atoms with Crippen molar-refractivity contribution >= 4 is 0 Å². The summed E-state index contributed by atoms with van der Waals surface area (Å²) in [6.45, 7) is 1.92. The molecular weight excluding hydrogens is 212 g/mol. The molecule has 2 rings (SSSR count). The number of nitrogens with zero attached hydrogens (tertiary/aromatic N) is 1. The van der Waals surface area contributed by atoms with Crippen LogP contribution in [-0.4, -0.2) is 11.1 Å². The maximum absolute atomic E-state index is 5.63. The minimum Gasteiger partial charge on any atom is -0.356 e. The third-order valence-electron chi connectivity index (χ3n) is 2.60. The Balaban J connectivity index is 1.78. The van der Waals surface area contributed by atoms with Gasteiger partial charge in [-0.05, 0) is 30.2 Å². The van der Waals surface area contributed by atoms with Gasteiger partial charge in [0.2, 0.25) is 0 Å². The molecule has 1 heterocycles. The van der Waals surface area contributed by atoms with E-state index >= 15 is 0 Å². The number of nitrogens with two attached hydrogens (primary N) is 1. The van der Waals surface area contributed by atoms with Gasteiger partial charge >= 0.3 is 0 Å². The molecule has 0 saturated heterocycles. The minimum atomic E-state index is 0.583. The first-order chi connectivity index (χ1) is 8.38. The lowest BCUT2D eigenvalue weighted by atomic mass is 10.2. The summed E-state index contributed by atoms with van der Waals surface area (Å²) in [5.41, 5.74) is 7.96. The zero-order valence-electron chi connectivity index (χ0n) is 9.88. The second kappa shape index (κ2) is 6.23. The van der Waals surface area contributed by atoms with Crippen molar-refractivity contribution in [2.75, 3.05) is 6.54 Å². The average molecular weight is 230 g/mol. The van der Waals surface area contributed by atoms with Crippen LogP contribution in [0.15, 0.2) is 48.8 Å². The van der Waals surface area contributed by atoms with E-state index in [1.165, 1.54) is 11.1 Å². The van der Waals surface area contributed by atoms with Gasteiger partial charge in [-0.25, -0.2) is 0 Å². The zero-order valence-corrected chi connectivity index (χ0v) is 9.88. The molecule has 0 fully saturated rings. The van der Waals surface area contributed by atoms with Gasteiger partial charge in [-0.3, -0.25) is 0 Å². The third-order valence-corrected chi connectivity index (χ3v) is 2.60. The molecule has 90 valence electrons. The Kier molecular flexibility index (Phi) is 4.36. The molecule has 3 nitrogen and oxygen atoms in total. The predicted octanol–water partition coefficient (Wildman–Crippen LogP) is 2.16. The van der Waals surface area contributed by atoms with Crippen molar-refractivity contribution < 1.29 is 4.74 Å². The van der Waals surface area contributed by atoms with E-state index in [0.717, 1.165) is 6.42 Å². The lowest BCUT2D eigenvalue weighted by Gasteiger charge is -2.05. The van der Waals surface area contributed by atoms with E-state index in [0.29, 0.717) is 19.9 Å². The number of rotatable bonds is 6. The van der Waals surface area contributed by atoms with Crippen LogP contribution in [0.1, 0.15) is 11.1 Å². The summed E-state index contributed by atoms with van der Waals surface area (Å²) in [4.78, 5) is 0. The normalized spacial score (nSPS) is 10.6. The van der Waals surface area contributed by atoms with E-state index in [1.54, 1.807) is 0 Å². The molecule has 0 spiro atoms. The highest BCUT2D eigenvalue weighted by atomic mass is 16.5. The molecule has 0 aliphatic rings. The maximum atomic E-state index is 5.63. The molecule has 0 unspecified atom stereocenters. The number of aromatic nitrogens is 1. The van der Waals surface area contributed by atoms with Crippen LogP contribution >= 0.6 is 0 Å². The molecule has 1 aromatic carbocycles. The fourth-order valence-electron chi connectivity index (χ4n) is 1.73. The minimum absolute atomic E-state index is 0.583. The van der Waals surface area contributed by atoms with Crippen LogP contribution in [-0.2, 0) is 24.5 Å². The Labute approximate surface area is 102 Å². The maximum Gasteiger partial charge on any atom is 0.122 e. The fraction of sp³-hybridized carbons (Fsp3) is 0.286. The Morgan fingerprint density at radius 2 is 1.88 bits per heavy atom. The lowest BCUT2D eigenvalue weighted by molar-refractivity contribution is 0.0642. The van der Waals surface area contributed by atoms with E-state index in [4.69, 9.17) is 10.5 Å². The molecule has 0 aliphatic carbocycles. The van der Waals surface area contributed by atoms with Crippen molar-refractivity contribution in [1.29, 1.82) is 0 Å². The van der Waals surface area contributed by atoms with Crippen LogP contribution < -0.4 is 5.73 Å². The highest BCUT2D eigenvalue weighted by Crippen LogP contribution is 2.04. The van der Waals surface area contributed by atoms with Gasteiger partial charge in [0.05, 0.1) is 6.61 Å². The first-order valence-electron chi connectivity index (χ1n) is 5.85. The Morgan fingerprint density at radius 3 is 2.65 bits per heavy atom. The van der Waals surface area contributed by atoms with Gasteiger partial charge in [0.25, 0.3) is 0 Å². The molecule has 1 aromatic heterocycles.